The van der Waals surface area contributed by atoms with E-state index in [2.05, 4.69) is 10.2 Å². The van der Waals surface area contributed by atoms with Crippen LogP contribution in [0.4, 0.5) is 0 Å². The minimum atomic E-state index is -0.514. The summed E-state index contributed by atoms with van der Waals surface area (Å²) in [5, 5.41) is 7.43. The van der Waals surface area contributed by atoms with Crippen molar-refractivity contribution in [2.75, 3.05) is 14.2 Å². The molecular formula is C19H16N2O5. The van der Waals surface area contributed by atoms with Crippen LogP contribution in [0.25, 0.3) is 17.5 Å². The van der Waals surface area contributed by atoms with E-state index in [-0.39, 0.29) is 0 Å². The Morgan fingerprint density at radius 2 is 1.81 bits per heavy atom. The van der Waals surface area contributed by atoms with Crippen LogP contribution in [0.2, 0.25) is 0 Å². The van der Waals surface area contributed by atoms with E-state index in [1.54, 1.807) is 62.8 Å². The molecule has 0 saturated carbocycles. The lowest BCUT2D eigenvalue weighted by Gasteiger charge is -2.07. The Labute approximate surface area is 149 Å². The fraction of sp³-hybridized carbons (Fsp3) is 0.105. The number of rotatable bonds is 6. The zero-order valence-electron chi connectivity index (χ0n) is 14.2. The van der Waals surface area contributed by atoms with Gasteiger partial charge in [-0.25, -0.2) is 4.79 Å². The smallest absolute Gasteiger partial charge is 0.336 e. The molecule has 0 aliphatic rings. The van der Waals surface area contributed by atoms with E-state index in [1.807, 2.05) is 0 Å². The molecule has 1 heterocycles. The number of nitrogens with zero attached hydrogens (tertiary/aromatic N) is 2. The summed E-state index contributed by atoms with van der Waals surface area (Å²) in [5.41, 5.74) is 1.44. The molecular weight excluding hydrogens is 336 g/mol. The van der Waals surface area contributed by atoms with Crippen molar-refractivity contribution >= 4 is 12.0 Å². The molecule has 3 aromatic rings. The Hall–Kier alpha value is -3.61. The molecule has 0 aliphatic carbocycles. The van der Waals surface area contributed by atoms with Crippen LogP contribution in [0.1, 0.15) is 5.56 Å². The molecule has 0 unspecified atom stereocenters. The first-order valence-corrected chi connectivity index (χ1v) is 7.68. The molecule has 7 nitrogen and oxygen atoms in total. The SMILES string of the molecule is COc1ccc(OC)c(/C=C/C(=O)Oc2ccc(-c3nnco3)cc2)c1. The van der Waals surface area contributed by atoms with Gasteiger partial charge in [0.15, 0.2) is 0 Å². The van der Waals surface area contributed by atoms with E-state index in [4.69, 9.17) is 18.6 Å². The maximum atomic E-state index is 12.0. The zero-order valence-corrected chi connectivity index (χ0v) is 14.2. The molecule has 0 spiro atoms. The van der Waals surface area contributed by atoms with Crippen LogP contribution in [0, 0.1) is 0 Å². The van der Waals surface area contributed by atoms with E-state index in [1.165, 1.54) is 12.5 Å². The van der Waals surface area contributed by atoms with Gasteiger partial charge >= 0.3 is 5.97 Å². The molecule has 132 valence electrons. The van der Waals surface area contributed by atoms with Crippen molar-refractivity contribution in [2.24, 2.45) is 0 Å². The van der Waals surface area contributed by atoms with Crippen molar-refractivity contribution in [3.05, 3.63) is 60.5 Å². The number of methoxy groups -OCH3 is 2. The summed E-state index contributed by atoms with van der Waals surface area (Å²) >= 11 is 0. The fourth-order valence-electron chi connectivity index (χ4n) is 2.24. The van der Waals surface area contributed by atoms with Gasteiger partial charge in [0.2, 0.25) is 12.3 Å². The predicted molar refractivity (Wildman–Crippen MR) is 93.9 cm³/mol. The van der Waals surface area contributed by atoms with Crippen molar-refractivity contribution in [2.45, 2.75) is 0 Å². The van der Waals surface area contributed by atoms with Gasteiger partial charge in [0, 0.05) is 17.2 Å². The average molecular weight is 352 g/mol. The molecule has 0 radical (unpaired) electrons. The third kappa shape index (κ3) is 4.07. The Morgan fingerprint density at radius 3 is 2.46 bits per heavy atom. The molecule has 1 aromatic heterocycles. The van der Waals surface area contributed by atoms with Crippen LogP contribution in [0.15, 0.2) is 59.4 Å². The van der Waals surface area contributed by atoms with E-state index in [9.17, 15) is 4.79 Å². The van der Waals surface area contributed by atoms with Gasteiger partial charge in [-0.05, 0) is 48.5 Å². The number of benzene rings is 2. The van der Waals surface area contributed by atoms with E-state index in [0.29, 0.717) is 28.7 Å². The predicted octanol–water partition coefficient (Wildman–Crippen LogP) is 3.37. The quantitative estimate of drug-likeness (QED) is 0.382. The summed E-state index contributed by atoms with van der Waals surface area (Å²) in [5.74, 6) is 1.57. The Kier molecular flexibility index (Phi) is 5.28. The molecule has 3 rings (SSSR count). The molecule has 26 heavy (non-hydrogen) atoms. The van der Waals surface area contributed by atoms with Gasteiger partial charge in [-0.2, -0.15) is 0 Å². The Balaban J connectivity index is 1.68. The highest BCUT2D eigenvalue weighted by atomic mass is 16.5. The van der Waals surface area contributed by atoms with Crippen LogP contribution < -0.4 is 14.2 Å². The molecule has 7 heteroatoms. The molecule has 0 aliphatic heterocycles. The number of carbonyl (C=O) groups is 1. The lowest BCUT2D eigenvalue weighted by atomic mass is 10.1. The highest BCUT2D eigenvalue weighted by Gasteiger charge is 2.06. The molecule has 0 saturated heterocycles. The van der Waals surface area contributed by atoms with Crippen molar-refractivity contribution in [3.63, 3.8) is 0 Å². The summed E-state index contributed by atoms with van der Waals surface area (Å²) in [6.45, 7) is 0. The fourth-order valence-corrected chi connectivity index (χ4v) is 2.24. The van der Waals surface area contributed by atoms with Gasteiger partial charge in [-0.3, -0.25) is 0 Å². The van der Waals surface area contributed by atoms with E-state index < -0.39 is 5.97 Å². The third-order valence-corrected chi connectivity index (χ3v) is 3.52. The van der Waals surface area contributed by atoms with Crippen molar-refractivity contribution in [1.29, 1.82) is 0 Å². The number of esters is 1. The lowest BCUT2D eigenvalue weighted by Crippen LogP contribution is -2.03. The van der Waals surface area contributed by atoms with Gasteiger partial charge in [-0.15, -0.1) is 10.2 Å². The lowest BCUT2D eigenvalue weighted by molar-refractivity contribution is -0.128. The molecule has 0 bridgehead atoms. The molecule has 2 aromatic carbocycles. The summed E-state index contributed by atoms with van der Waals surface area (Å²) < 4.78 is 20.8. The minimum absolute atomic E-state index is 0.396. The van der Waals surface area contributed by atoms with Crippen LogP contribution in [-0.4, -0.2) is 30.4 Å². The molecule has 0 atom stereocenters. The molecule has 0 fully saturated rings. The van der Waals surface area contributed by atoms with Crippen molar-refractivity contribution < 1.29 is 23.4 Å². The molecule has 0 N–H and O–H groups in total. The van der Waals surface area contributed by atoms with Crippen molar-refractivity contribution in [3.8, 4) is 28.7 Å². The average Bonchev–Trinajstić information content (AvgIpc) is 3.21. The Bertz CT molecular complexity index is 902. The van der Waals surface area contributed by atoms with Crippen LogP contribution in [-0.2, 0) is 4.79 Å². The summed E-state index contributed by atoms with van der Waals surface area (Å²) in [6, 6.07) is 12.1. The van der Waals surface area contributed by atoms with E-state index in [0.717, 1.165) is 5.56 Å². The van der Waals surface area contributed by atoms with Crippen molar-refractivity contribution in [1.82, 2.24) is 10.2 Å². The zero-order chi connectivity index (χ0) is 18.4. The normalized spacial score (nSPS) is 10.7. The number of hydrogen-bond acceptors (Lipinski definition) is 7. The van der Waals surface area contributed by atoms with E-state index >= 15 is 0 Å². The Morgan fingerprint density at radius 1 is 1.04 bits per heavy atom. The summed E-state index contributed by atoms with van der Waals surface area (Å²) in [4.78, 5) is 12.0. The van der Waals surface area contributed by atoms with Crippen LogP contribution in [0.5, 0.6) is 17.2 Å². The monoisotopic (exact) mass is 352 g/mol. The maximum Gasteiger partial charge on any atom is 0.336 e. The first kappa shape index (κ1) is 17.2. The number of aromatic nitrogens is 2. The standard InChI is InChI=1S/C19H16N2O5/c1-23-16-8-9-17(24-2)14(11-16)5-10-18(22)26-15-6-3-13(4-7-15)19-21-20-12-25-19/h3-12H,1-2H3/b10-5+. The summed E-state index contributed by atoms with van der Waals surface area (Å²) in [7, 11) is 3.13. The number of hydrogen-bond donors (Lipinski definition) is 0. The van der Waals surface area contributed by atoms with Gasteiger partial charge in [0.25, 0.3) is 0 Å². The third-order valence-electron chi connectivity index (χ3n) is 3.52. The number of carbonyl (C=O) groups excluding carboxylic acids is 1. The highest BCUT2D eigenvalue weighted by molar-refractivity contribution is 5.89. The number of ether oxygens (including phenoxy) is 3. The van der Waals surface area contributed by atoms with Gasteiger partial charge in [0.05, 0.1) is 14.2 Å². The van der Waals surface area contributed by atoms with Crippen LogP contribution >= 0.6 is 0 Å². The topological polar surface area (TPSA) is 83.7 Å². The second-order valence-corrected chi connectivity index (χ2v) is 5.13. The first-order chi connectivity index (χ1) is 12.7. The first-order valence-electron chi connectivity index (χ1n) is 7.68. The van der Waals surface area contributed by atoms with Gasteiger partial charge in [-0.1, -0.05) is 0 Å². The second-order valence-electron chi connectivity index (χ2n) is 5.13. The minimum Gasteiger partial charge on any atom is -0.497 e. The van der Waals surface area contributed by atoms with Crippen LogP contribution in [0.3, 0.4) is 0 Å². The maximum absolute atomic E-state index is 12.0. The molecule has 0 amide bonds. The van der Waals surface area contributed by atoms with Gasteiger partial charge in [0.1, 0.15) is 17.2 Å². The summed E-state index contributed by atoms with van der Waals surface area (Å²) in [6.07, 6.45) is 4.18. The second kappa shape index (κ2) is 7.98. The van der Waals surface area contributed by atoms with Gasteiger partial charge < -0.3 is 18.6 Å². The highest BCUT2D eigenvalue weighted by Crippen LogP contribution is 2.25. The largest absolute Gasteiger partial charge is 0.497 e.